The largest absolute Gasteiger partial charge is 0.356 e. The first-order valence-electron chi connectivity index (χ1n) is 7.65. The topological polar surface area (TPSA) is 81.7 Å². The highest BCUT2D eigenvalue weighted by atomic mass is 32.2. The predicted molar refractivity (Wildman–Crippen MR) is 85.8 cm³/mol. The van der Waals surface area contributed by atoms with E-state index in [1.807, 2.05) is 13.8 Å². The smallest absolute Gasteiger partial charge is 0.221 e. The molecule has 1 fully saturated rings. The number of nitrogens with one attached hydrogen (secondary N) is 1. The molecule has 128 valence electrons. The van der Waals surface area contributed by atoms with Gasteiger partial charge in [0.05, 0.1) is 23.9 Å². The Balaban J connectivity index is 1.76. The molecule has 23 heavy (non-hydrogen) atoms. The van der Waals surface area contributed by atoms with E-state index in [0.717, 1.165) is 5.56 Å². The fraction of sp³-hybridized carbons (Fsp3) is 0.562. The Labute approximate surface area is 137 Å². The van der Waals surface area contributed by atoms with E-state index in [-0.39, 0.29) is 23.0 Å². The predicted octanol–water partition coefficient (Wildman–Crippen LogP) is 1.43. The zero-order valence-corrected chi connectivity index (χ0v) is 14.3. The molecule has 0 aliphatic carbocycles. The van der Waals surface area contributed by atoms with Crippen molar-refractivity contribution in [3.05, 3.63) is 29.8 Å². The van der Waals surface area contributed by atoms with Gasteiger partial charge >= 0.3 is 0 Å². The van der Waals surface area contributed by atoms with Gasteiger partial charge in [0, 0.05) is 19.4 Å². The van der Waals surface area contributed by atoms with Crippen LogP contribution < -0.4 is 5.32 Å². The van der Waals surface area contributed by atoms with Crippen LogP contribution in [0.3, 0.4) is 0 Å². The highest BCUT2D eigenvalue weighted by molar-refractivity contribution is 7.91. The van der Waals surface area contributed by atoms with E-state index in [4.69, 9.17) is 9.47 Å². The van der Waals surface area contributed by atoms with Crippen LogP contribution in [0.1, 0.15) is 25.3 Å². The van der Waals surface area contributed by atoms with Crippen LogP contribution >= 0.6 is 0 Å². The van der Waals surface area contributed by atoms with Gasteiger partial charge in [-0.2, -0.15) is 0 Å². The van der Waals surface area contributed by atoms with Gasteiger partial charge < -0.3 is 14.8 Å². The number of hydrogen-bond donors (Lipinski definition) is 1. The fourth-order valence-corrected chi connectivity index (χ4v) is 3.55. The number of carbonyl (C=O) groups is 1. The van der Waals surface area contributed by atoms with Gasteiger partial charge in [0.15, 0.2) is 15.6 Å². The van der Waals surface area contributed by atoms with Crippen molar-refractivity contribution in [3.63, 3.8) is 0 Å². The monoisotopic (exact) mass is 341 g/mol. The Hall–Kier alpha value is -1.44. The summed E-state index contributed by atoms with van der Waals surface area (Å²) < 4.78 is 35.2. The molecular weight excluding hydrogens is 318 g/mol. The molecule has 0 saturated carbocycles. The number of rotatable bonds is 7. The van der Waals surface area contributed by atoms with E-state index in [1.54, 1.807) is 24.3 Å². The zero-order chi connectivity index (χ0) is 16.9. The van der Waals surface area contributed by atoms with Crippen molar-refractivity contribution in [3.8, 4) is 0 Å². The van der Waals surface area contributed by atoms with Crippen LogP contribution in [0.5, 0.6) is 0 Å². The van der Waals surface area contributed by atoms with E-state index < -0.39 is 15.6 Å². The third kappa shape index (κ3) is 5.30. The third-order valence-electron chi connectivity index (χ3n) is 3.78. The minimum Gasteiger partial charge on any atom is -0.356 e. The fourth-order valence-electron chi connectivity index (χ4n) is 2.31. The molecule has 0 radical (unpaired) electrons. The summed E-state index contributed by atoms with van der Waals surface area (Å²) in [6.07, 6.45) is 0.470. The van der Waals surface area contributed by atoms with Crippen LogP contribution in [0.4, 0.5) is 0 Å². The minimum absolute atomic E-state index is 0.0609. The Morgan fingerprint density at radius 1 is 1.22 bits per heavy atom. The van der Waals surface area contributed by atoms with Crippen molar-refractivity contribution in [2.75, 3.05) is 25.5 Å². The Morgan fingerprint density at radius 2 is 1.83 bits per heavy atom. The second-order valence-electron chi connectivity index (χ2n) is 5.81. The summed E-state index contributed by atoms with van der Waals surface area (Å²) in [6.45, 7) is 5.22. The van der Waals surface area contributed by atoms with Crippen LogP contribution in [0.2, 0.25) is 0 Å². The van der Waals surface area contributed by atoms with Crippen molar-refractivity contribution in [2.45, 2.75) is 37.4 Å². The van der Waals surface area contributed by atoms with E-state index in [2.05, 4.69) is 5.32 Å². The van der Waals surface area contributed by atoms with E-state index in [0.29, 0.717) is 26.2 Å². The molecular formula is C16H23NO5S. The van der Waals surface area contributed by atoms with Crippen molar-refractivity contribution in [1.29, 1.82) is 0 Å². The lowest BCUT2D eigenvalue weighted by atomic mass is 10.2. The second kappa shape index (κ2) is 7.42. The molecule has 1 N–H and O–H groups in total. The summed E-state index contributed by atoms with van der Waals surface area (Å²) in [5.41, 5.74) is 0.992. The van der Waals surface area contributed by atoms with Crippen LogP contribution in [0.15, 0.2) is 29.2 Å². The van der Waals surface area contributed by atoms with Gasteiger partial charge in [0.25, 0.3) is 0 Å². The zero-order valence-electron chi connectivity index (χ0n) is 13.5. The maximum Gasteiger partial charge on any atom is 0.221 e. The number of benzene rings is 1. The van der Waals surface area contributed by atoms with Crippen LogP contribution in [-0.2, 0) is 24.1 Å². The molecule has 0 bridgehead atoms. The SMILES string of the molecule is Cc1ccc(S(=O)(=O)CCC(=O)NCCC2(C)OCCO2)cc1. The number of ether oxygens (including phenoxy) is 2. The molecule has 1 aliphatic rings. The molecule has 6 nitrogen and oxygen atoms in total. The number of aryl methyl sites for hydroxylation is 1. The summed E-state index contributed by atoms with van der Waals surface area (Å²) in [7, 11) is -3.44. The van der Waals surface area contributed by atoms with Gasteiger partial charge in [-0.3, -0.25) is 4.79 Å². The van der Waals surface area contributed by atoms with Crippen molar-refractivity contribution in [1.82, 2.24) is 5.32 Å². The van der Waals surface area contributed by atoms with Gasteiger partial charge in [-0.15, -0.1) is 0 Å². The molecule has 1 amide bonds. The quantitative estimate of drug-likeness (QED) is 0.811. The molecule has 0 unspecified atom stereocenters. The lowest BCUT2D eigenvalue weighted by Crippen LogP contribution is -2.34. The summed E-state index contributed by atoms with van der Waals surface area (Å²) in [4.78, 5) is 12.0. The highest BCUT2D eigenvalue weighted by Crippen LogP contribution is 2.21. The third-order valence-corrected chi connectivity index (χ3v) is 5.51. The summed E-state index contributed by atoms with van der Waals surface area (Å²) >= 11 is 0. The first-order chi connectivity index (χ1) is 10.8. The molecule has 0 atom stereocenters. The average Bonchev–Trinajstić information content (AvgIpc) is 2.93. The van der Waals surface area contributed by atoms with Crippen molar-refractivity contribution < 1.29 is 22.7 Å². The lowest BCUT2D eigenvalue weighted by Gasteiger charge is -2.22. The van der Waals surface area contributed by atoms with Gasteiger partial charge in [-0.1, -0.05) is 17.7 Å². The summed E-state index contributed by atoms with van der Waals surface area (Å²) in [5.74, 6) is -1.14. The van der Waals surface area contributed by atoms with E-state index >= 15 is 0 Å². The van der Waals surface area contributed by atoms with Gasteiger partial charge in [0.1, 0.15) is 0 Å². The molecule has 0 spiro atoms. The first-order valence-corrected chi connectivity index (χ1v) is 9.30. The molecule has 1 aromatic rings. The number of amides is 1. The van der Waals surface area contributed by atoms with Gasteiger partial charge in [-0.05, 0) is 26.0 Å². The maximum absolute atomic E-state index is 12.2. The van der Waals surface area contributed by atoms with E-state index in [1.165, 1.54) is 0 Å². The number of hydrogen-bond acceptors (Lipinski definition) is 5. The van der Waals surface area contributed by atoms with Gasteiger partial charge in [0.2, 0.25) is 5.91 Å². The molecule has 2 rings (SSSR count). The Bertz CT molecular complexity index is 633. The number of carbonyl (C=O) groups excluding carboxylic acids is 1. The van der Waals surface area contributed by atoms with Crippen LogP contribution in [0.25, 0.3) is 0 Å². The molecule has 1 heterocycles. The minimum atomic E-state index is -3.44. The standard InChI is InChI=1S/C16H23NO5S/c1-13-3-5-14(6-4-13)23(19,20)12-7-15(18)17-9-8-16(2)21-10-11-22-16/h3-6H,7-12H2,1-2H3,(H,17,18). The maximum atomic E-state index is 12.2. The van der Waals surface area contributed by atoms with Crippen LogP contribution in [-0.4, -0.2) is 45.6 Å². The molecule has 1 aliphatic heterocycles. The molecule has 1 saturated heterocycles. The molecule has 1 aromatic carbocycles. The summed E-state index contributed by atoms with van der Waals surface area (Å²) in [6, 6.07) is 6.63. The normalized spacial score (nSPS) is 17.1. The highest BCUT2D eigenvalue weighted by Gasteiger charge is 2.30. The Morgan fingerprint density at radius 3 is 2.43 bits per heavy atom. The van der Waals surface area contributed by atoms with Gasteiger partial charge in [-0.25, -0.2) is 8.42 Å². The second-order valence-corrected chi connectivity index (χ2v) is 7.92. The van der Waals surface area contributed by atoms with Crippen molar-refractivity contribution >= 4 is 15.7 Å². The average molecular weight is 341 g/mol. The lowest BCUT2D eigenvalue weighted by molar-refractivity contribution is -0.146. The number of sulfone groups is 1. The first kappa shape index (κ1) is 17.9. The van der Waals surface area contributed by atoms with E-state index in [9.17, 15) is 13.2 Å². The molecule has 7 heteroatoms. The van der Waals surface area contributed by atoms with Crippen molar-refractivity contribution in [2.24, 2.45) is 0 Å². The van der Waals surface area contributed by atoms with Crippen LogP contribution in [0, 0.1) is 6.92 Å². The summed E-state index contributed by atoms with van der Waals surface area (Å²) in [5, 5.41) is 2.70. The molecule has 0 aromatic heterocycles. The Kier molecular flexibility index (Phi) is 5.78.